The second-order valence-corrected chi connectivity index (χ2v) is 10.8. The number of halogens is 1. The first-order valence-electron chi connectivity index (χ1n) is 13.2. The average molecular weight is 518 g/mol. The lowest BCUT2D eigenvalue weighted by molar-refractivity contribution is -0.153. The van der Waals surface area contributed by atoms with Crippen LogP contribution >= 0.6 is 0 Å². The standard InChI is InChI=1S/C32H36FNO4/c1-5-9-24-13-12-23(19-30(35)38-32(2,3)4)18-27(24)25-14-15-29(33)26-16-17-34(20-28(25)26)31(36)37-21-22-10-7-6-8-11-22/h6-8,10-15,18H,5,9,16-17,19-21H2,1-4H3. The Kier molecular flexibility index (Phi) is 8.50. The van der Waals surface area contributed by atoms with Crippen molar-refractivity contribution in [1.82, 2.24) is 4.90 Å². The summed E-state index contributed by atoms with van der Waals surface area (Å²) < 4.78 is 26.0. The van der Waals surface area contributed by atoms with Crippen molar-refractivity contribution in [2.24, 2.45) is 0 Å². The lowest BCUT2D eigenvalue weighted by Crippen LogP contribution is -2.37. The molecule has 3 aromatic rings. The summed E-state index contributed by atoms with van der Waals surface area (Å²) in [6, 6.07) is 18.8. The fourth-order valence-corrected chi connectivity index (χ4v) is 4.87. The molecular weight excluding hydrogens is 481 g/mol. The van der Waals surface area contributed by atoms with Crippen LogP contribution in [0.2, 0.25) is 0 Å². The average Bonchev–Trinajstić information content (AvgIpc) is 2.88. The number of carbonyl (C=O) groups is 2. The molecule has 0 aliphatic carbocycles. The SMILES string of the molecule is CCCc1ccc(CC(=O)OC(C)(C)C)cc1-c1ccc(F)c2c1CN(C(=O)OCc1ccccc1)CC2. The van der Waals surface area contributed by atoms with Gasteiger partial charge < -0.3 is 14.4 Å². The van der Waals surface area contributed by atoms with E-state index in [0.29, 0.717) is 18.5 Å². The number of esters is 1. The maximum atomic E-state index is 14.9. The molecule has 4 rings (SSSR count). The number of amides is 1. The van der Waals surface area contributed by atoms with E-state index in [4.69, 9.17) is 9.47 Å². The number of carbonyl (C=O) groups excluding carboxylic acids is 2. The predicted molar refractivity (Wildman–Crippen MR) is 146 cm³/mol. The summed E-state index contributed by atoms with van der Waals surface area (Å²) in [4.78, 5) is 27.1. The molecule has 0 fully saturated rings. The Morgan fingerprint density at radius 1 is 0.947 bits per heavy atom. The molecule has 0 unspecified atom stereocenters. The number of benzene rings is 3. The van der Waals surface area contributed by atoms with Gasteiger partial charge in [-0.3, -0.25) is 4.79 Å². The van der Waals surface area contributed by atoms with Crippen molar-refractivity contribution in [3.05, 3.63) is 94.3 Å². The van der Waals surface area contributed by atoms with Crippen LogP contribution in [0.3, 0.4) is 0 Å². The first-order valence-corrected chi connectivity index (χ1v) is 13.2. The molecule has 0 saturated heterocycles. The van der Waals surface area contributed by atoms with Crippen molar-refractivity contribution >= 4 is 12.1 Å². The first kappa shape index (κ1) is 27.4. The Morgan fingerprint density at radius 3 is 2.42 bits per heavy atom. The third kappa shape index (κ3) is 6.80. The zero-order chi connectivity index (χ0) is 27.3. The number of fused-ring (bicyclic) bond motifs is 1. The summed E-state index contributed by atoms with van der Waals surface area (Å²) in [5.41, 5.74) is 5.59. The molecule has 1 heterocycles. The summed E-state index contributed by atoms with van der Waals surface area (Å²) in [6.45, 7) is 8.50. The van der Waals surface area contributed by atoms with Crippen LogP contribution in [0.1, 0.15) is 61.9 Å². The Balaban J connectivity index is 1.63. The smallest absolute Gasteiger partial charge is 0.410 e. The molecule has 0 atom stereocenters. The minimum Gasteiger partial charge on any atom is -0.460 e. The third-order valence-corrected chi connectivity index (χ3v) is 6.57. The van der Waals surface area contributed by atoms with Crippen molar-refractivity contribution in [3.8, 4) is 11.1 Å². The van der Waals surface area contributed by atoms with Crippen LogP contribution < -0.4 is 0 Å². The molecule has 0 radical (unpaired) electrons. The highest BCUT2D eigenvalue weighted by molar-refractivity contribution is 5.77. The lowest BCUT2D eigenvalue weighted by atomic mass is 9.87. The fourth-order valence-electron chi connectivity index (χ4n) is 4.87. The maximum absolute atomic E-state index is 14.9. The van der Waals surface area contributed by atoms with Crippen molar-refractivity contribution in [2.75, 3.05) is 6.54 Å². The molecule has 0 bridgehead atoms. The minimum atomic E-state index is -0.559. The summed E-state index contributed by atoms with van der Waals surface area (Å²) >= 11 is 0. The van der Waals surface area contributed by atoms with Crippen LogP contribution in [0.4, 0.5) is 9.18 Å². The molecule has 1 aliphatic rings. The van der Waals surface area contributed by atoms with E-state index in [9.17, 15) is 14.0 Å². The van der Waals surface area contributed by atoms with E-state index < -0.39 is 11.7 Å². The van der Waals surface area contributed by atoms with Gasteiger partial charge >= 0.3 is 12.1 Å². The molecule has 1 amide bonds. The van der Waals surface area contributed by atoms with Crippen LogP contribution in [0.15, 0.2) is 60.7 Å². The van der Waals surface area contributed by atoms with Crippen LogP contribution in [0, 0.1) is 5.82 Å². The van der Waals surface area contributed by atoms with Crippen LogP contribution in [-0.4, -0.2) is 29.1 Å². The van der Waals surface area contributed by atoms with Crippen molar-refractivity contribution in [3.63, 3.8) is 0 Å². The number of rotatable bonds is 7. The normalized spacial score (nSPS) is 13.1. The van der Waals surface area contributed by atoms with E-state index in [1.54, 1.807) is 11.0 Å². The summed E-state index contributed by atoms with van der Waals surface area (Å²) in [7, 11) is 0. The third-order valence-electron chi connectivity index (χ3n) is 6.57. The zero-order valence-electron chi connectivity index (χ0n) is 22.7. The maximum Gasteiger partial charge on any atom is 0.410 e. The van der Waals surface area contributed by atoms with E-state index >= 15 is 0 Å². The molecule has 5 nitrogen and oxygen atoms in total. The number of aryl methyl sites for hydroxylation is 1. The van der Waals surface area contributed by atoms with Crippen LogP contribution in [0.25, 0.3) is 11.1 Å². The van der Waals surface area contributed by atoms with Gasteiger partial charge in [-0.25, -0.2) is 9.18 Å². The number of ether oxygens (including phenoxy) is 2. The number of hydrogen-bond acceptors (Lipinski definition) is 4. The van der Waals surface area contributed by atoms with E-state index in [2.05, 4.69) is 6.92 Å². The molecule has 3 aromatic carbocycles. The van der Waals surface area contributed by atoms with Gasteiger partial charge in [0.1, 0.15) is 18.0 Å². The van der Waals surface area contributed by atoms with E-state index in [0.717, 1.165) is 46.2 Å². The summed E-state index contributed by atoms with van der Waals surface area (Å²) in [5.74, 6) is -0.553. The van der Waals surface area contributed by atoms with Gasteiger partial charge in [-0.05, 0) is 78.6 Å². The molecule has 0 aromatic heterocycles. The predicted octanol–water partition coefficient (Wildman–Crippen LogP) is 7.02. The van der Waals surface area contributed by atoms with Crippen LogP contribution in [-0.2, 0) is 46.7 Å². The van der Waals surface area contributed by atoms with E-state index in [1.807, 2.05) is 69.3 Å². The minimum absolute atomic E-state index is 0.151. The highest BCUT2D eigenvalue weighted by atomic mass is 19.1. The lowest BCUT2D eigenvalue weighted by Gasteiger charge is -2.30. The Labute approximate surface area is 224 Å². The monoisotopic (exact) mass is 517 g/mol. The molecule has 0 spiro atoms. The van der Waals surface area contributed by atoms with Gasteiger partial charge in [0.2, 0.25) is 0 Å². The molecule has 200 valence electrons. The van der Waals surface area contributed by atoms with Gasteiger partial charge in [0.25, 0.3) is 0 Å². The first-order chi connectivity index (χ1) is 18.1. The second-order valence-electron chi connectivity index (χ2n) is 10.8. The Hall–Kier alpha value is -3.67. The molecule has 1 aliphatic heterocycles. The molecule has 0 N–H and O–H groups in total. The largest absolute Gasteiger partial charge is 0.460 e. The topological polar surface area (TPSA) is 55.8 Å². The second kappa shape index (κ2) is 11.8. The van der Waals surface area contributed by atoms with Crippen molar-refractivity contribution in [1.29, 1.82) is 0 Å². The number of nitrogens with zero attached hydrogens (tertiary/aromatic N) is 1. The van der Waals surface area contributed by atoms with Gasteiger partial charge in [0.05, 0.1) is 6.42 Å². The quantitative estimate of drug-likeness (QED) is 0.316. The highest BCUT2D eigenvalue weighted by Crippen LogP contribution is 2.35. The molecule has 38 heavy (non-hydrogen) atoms. The van der Waals surface area contributed by atoms with Crippen LogP contribution in [0.5, 0.6) is 0 Å². The number of hydrogen-bond donors (Lipinski definition) is 0. The Bertz CT molecular complexity index is 1300. The molecule has 6 heteroatoms. The van der Waals surface area contributed by atoms with Gasteiger partial charge in [-0.1, -0.05) is 67.9 Å². The van der Waals surface area contributed by atoms with Gasteiger partial charge in [0, 0.05) is 13.1 Å². The highest BCUT2D eigenvalue weighted by Gasteiger charge is 2.27. The Morgan fingerprint density at radius 2 is 1.71 bits per heavy atom. The van der Waals surface area contributed by atoms with E-state index in [1.165, 1.54) is 6.07 Å². The molecule has 0 saturated carbocycles. The van der Waals surface area contributed by atoms with Crippen molar-refractivity contribution in [2.45, 2.75) is 72.1 Å². The van der Waals surface area contributed by atoms with E-state index in [-0.39, 0.29) is 31.4 Å². The van der Waals surface area contributed by atoms with Gasteiger partial charge in [0.15, 0.2) is 0 Å². The van der Waals surface area contributed by atoms with Crippen molar-refractivity contribution < 1.29 is 23.5 Å². The van der Waals surface area contributed by atoms with Gasteiger partial charge in [-0.15, -0.1) is 0 Å². The van der Waals surface area contributed by atoms with Gasteiger partial charge in [-0.2, -0.15) is 0 Å². The molecular formula is C32H36FNO4. The fraction of sp³-hybridized carbons (Fsp3) is 0.375. The summed E-state index contributed by atoms with van der Waals surface area (Å²) in [6.07, 6.45) is 1.94. The summed E-state index contributed by atoms with van der Waals surface area (Å²) in [5, 5.41) is 0. The zero-order valence-corrected chi connectivity index (χ0v) is 22.7.